The molecule has 0 unspecified atom stereocenters. The quantitative estimate of drug-likeness (QED) is 0.697. The molecular formula is C25H22N2O2. The molecule has 3 aromatic carbocycles. The van der Waals surface area contributed by atoms with Gasteiger partial charge in [-0.3, -0.25) is 9.59 Å². The summed E-state index contributed by atoms with van der Waals surface area (Å²) in [4.78, 5) is 27.0. The molecule has 0 saturated heterocycles. The Hall–Kier alpha value is -3.40. The summed E-state index contributed by atoms with van der Waals surface area (Å²) in [5.74, 6) is 0.340. The van der Waals surface area contributed by atoms with Crippen LogP contribution in [0.4, 0.5) is 11.4 Å². The van der Waals surface area contributed by atoms with Crippen molar-refractivity contribution in [3.63, 3.8) is 0 Å². The van der Waals surface area contributed by atoms with Crippen LogP contribution in [0.15, 0.2) is 72.8 Å². The number of nitrogens with one attached hydrogen (secondary N) is 1. The van der Waals surface area contributed by atoms with Crippen molar-refractivity contribution in [2.75, 3.05) is 16.8 Å². The van der Waals surface area contributed by atoms with Crippen LogP contribution in [-0.4, -0.2) is 18.4 Å². The Morgan fingerprint density at radius 1 is 0.862 bits per heavy atom. The van der Waals surface area contributed by atoms with Crippen LogP contribution in [0.25, 0.3) is 11.1 Å². The van der Waals surface area contributed by atoms with Crippen molar-refractivity contribution in [2.45, 2.75) is 19.3 Å². The number of anilines is 2. The average Bonchev–Trinajstić information content (AvgIpc) is 3.53. The van der Waals surface area contributed by atoms with Gasteiger partial charge in [-0.2, -0.15) is 0 Å². The predicted molar refractivity (Wildman–Crippen MR) is 115 cm³/mol. The third-order valence-electron chi connectivity index (χ3n) is 5.68. The number of fused-ring (bicyclic) bond motifs is 1. The maximum atomic E-state index is 12.7. The maximum Gasteiger partial charge on any atom is 0.255 e. The largest absolute Gasteiger partial charge is 0.322 e. The van der Waals surface area contributed by atoms with Gasteiger partial charge in [0.25, 0.3) is 5.91 Å². The number of carbonyl (C=O) groups is 2. The van der Waals surface area contributed by atoms with Gasteiger partial charge in [-0.05, 0) is 66.3 Å². The fourth-order valence-electron chi connectivity index (χ4n) is 3.91. The molecule has 4 heteroatoms. The van der Waals surface area contributed by atoms with Crippen LogP contribution in [0.5, 0.6) is 0 Å². The van der Waals surface area contributed by atoms with Gasteiger partial charge in [0.1, 0.15) is 0 Å². The molecule has 0 aromatic heterocycles. The van der Waals surface area contributed by atoms with Crippen molar-refractivity contribution in [1.82, 2.24) is 0 Å². The molecule has 1 fully saturated rings. The standard InChI is InChI=1S/C25H22N2O2/c28-24(19-8-6-18(7-9-19)17-4-2-1-3-5-17)26-22-12-13-23-21(16-22)14-15-27(23)25(29)20-10-11-20/h1-9,12-13,16,20H,10-11,14-15H2,(H,26,28). The van der Waals surface area contributed by atoms with Gasteiger partial charge in [0, 0.05) is 29.4 Å². The number of amides is 2. The number of nitrogens with zero attached hydrogens (tertiary/aromatic N) is 1. The van der Waals surface area contributed by atoms with Gasteiger partial charge >= 0.3 is 0 Å². The second kappa shape index (κ2) is 7.21. The summed E-state index contributed by atoms with van der Waals surface area (Å²) in [6.07, 6.45) is 2.87. The second-order valence-electron chi connectivity index (χ2n) is 7.76. The number of rotatable bonds is 4. The molecule has 5 rings (SSSR count). The molecule has 2 amide bonds. The minimum atomic E-state index is -0.131. The number of hydrogen-bond acceptors (Lipinski definition) is 2. The van der Waals surface area contributed by atoms with E-state index in [0.29, 0.717) is 5.56 Å². The lowest BCUT2D eigenvalue weighted by molar-refractivity contribution is -0.119. The van der Waals surface area contributed by atoms with E-state index in [4.69, 9.17) is 0 Å². The van der Waals surface area contributed by atoms with Gasteiger partial charge in [-0.15, -0.1) is 0 Å². The fourth-order valence-corrected chi connectivity index (χ4v) is 3.91. The van der Waals surface area contributed by atoms with Crippen LogP contribution >= 0.6 is 0 Å². The van der Waals surface area contributed by atoms with Crippen molar-refractivity contribution in [2.24, 2.45) is 5.92 Å². The van der Waals surface area contributed by atoms with Crippen molar-refractivity contribution in [3.8, 4) is 11.1 Å². The minimum Gasteiger partial charge on any atom is -0.322 e. The minimum absolute atomic E-state index is 0.131. The van der Waals surface area contributed by atoms with Crippen LogP contribution in [0.1, 0.15) is 28.8 Å². The first kappa shape index (κ1) is 17.7. The molecule has 0 spiro atoms. The van der Waals surface area contributed by atoms with Crippen molar-refractivity contribution >= 4 is 23.2 Å². The van der Waals surface area contributed by atoms with Crippen LogP contribution in [0.3, 0.4) is 0 Å². The van der Waals surface area contributed by atoms with E-state index < -0.39 is 0 Å². The monoisotopic (exact) mass is 382 g/mol. The Labute approximate surface area is 170 Å². The highest BCUT2D eigenvalue weighted by Crippen LogP contribution is 2.37. The van der Waals surface area contributed by atoms with Gasteiger partial charge in [0.15, 0.2) is 0 Å². The maximum absolute atomic E-state index is 12.7. The molecular weight excluding hydrogens is 360 g/mol. The van der Waals surface area contributed by atoms with Crippen molar-refractivity contribution < 1.29 is 9.59 Å². The molecule has 1 saturated carbocycles. The van der Waals surface area contributed by atoms with Gasteiger partial charge in [0.05, 0.1) is 0 Å². The first-order valence-electron chi connectivity index (χ1n) is 10.1. The van der Waals surface area contributed by atoms with Gasteiger partial charge in [-0.25, -0.2) is 0 Å². The smallest absolute Gasteiger partial charge is 0.255 e. The topological polar surface area (TPSA) is 49.4 Å². The summed E-state index contributed by atoms with van der Waals surface area (Å²) in [7, 11) is 0. The first-order valence-corrected chi connectivity index (χ1v) is 10.1. The van der Waals surface area contributed by atoms with E-state index in [1.807, 2.05) is 65.6 Å². The van der Waals surface area contributed by atoms with Crippen molar-refractivity contribution in [1.29, 1.82) is 0 Å². The molecule has 0 atom stereocenters. The van der Waals surface area contributed by atoms with Crippen molar-refractivity contribution in [3.05, 3.63) is 83.9 Å². The number of hydrogen-bond donors (Lipinski definition) is 1. The first-order chi connectivity index (χ1) is 14.2. The zero-order chi connectivity index (χ0) is 19.8. The lowest BCUT2D eigenvalue weighted by Gasteiger charge is -2.17. The summed E-state index contributed by atoms with van der Waals surface area (Å²) in [5.41, 5.74) is 5.71. The van der Waals surface area contributed by atoms with Crippen LogP contribution in [0, 0.1) is 5.92 Å². The summed E-state index contributed by atoms with van der Waals surface area (Å²) in [6.45, 7) is 0.739. The molecule has 29 heavy (non-hydrogen) atoms. The molecule has 4 nitrogen and oxygen atoms in total. The Kier molecular flexibility index (Phi) is 4.39. The molecule has 0 radical (unpaired) electrons. The summed E-state index contributed by atoms with van der Waals surface area (Å²) in [5, 5.41) is 2.98. The Bertz CT molecular complexity index is 1070. The van der Waals surface area contributed by atoms with E-state index in [-0.39, 0.29) is 17.7 Å². The third kappa shape index (κ3) is 3.54. The van der Waals surface area contributed by atoms with E-state index in [1.54, 1.807) is 0 Å². The van der Waals surface area contributed by atoms with Gasteiger partial charge in [-0.1, -0.05) is 42.5 Å². The lowest BCUT2D eigenvalue weighted by Crippen LogP contribution is -2.30. The molecule has 1 heterocycles. The zero-order valence-corrected chi connectivity index (χ0v) is 16.1. The lowest BCUT2D eigenvalue weighted by atomic mass is 10.0. The Morgan fingerprint density at radius 3 is 2.31 bits per heavy atom. The fraction of sp³-hybridized carbons (Fsp3) is 0.200. The molecule has 1 aliphatic heterocycles. The van der Waals surface area contributed by atoms with Gasteiger partial charge in [0.2, 0.25) is 5.91 Å². The average molecular weight is 382 g/mol. The highest BCUT2D eigenvalue weighted by atomic mass is 16.2. The predicted octanol–water partition coefficient (Wildman–Crippen LogP) is 4.91. The number of carbonyl (C=O) groups excluding carboxylic acids is 2. The number of benzene rings is 3. The molecule has 2 aliphatic rings. The summed E-state index contributed by atoms with van der Waals surface area (Å²) >= 11 is 0. The van der Waals surface area contributed by atoms with Crippen LogP contribution < -0.4 is 10.2 Å². The van der Waals surface area contributed by atoms with E-state index in [2.05, 4.69) is 17.4 Å². The SMILES string of the molecule is O=C(Nc1ccc2c(c1)CCN2C(=O)C1CC1)c1ccc(-c2ccccc2)cc1. The summed E-state index contributed by atoms with van der Waals surface area (Å²) < 4.78 is 0. The third-order valence-corrected chi connectivity index (χ3v) is 5.68. The molecule has 1 N–H and O–H groups in total. The van der Waals surface area contributed by atoms with Crippen LogP contribution in [0.2, 0.25) is 0 Å². The molecule has 3 aromatic rings. The normalized spacial score (nSPS) is 15.1. The van der Waals surface area contributed by atoms with E-state index >= 15 is 0 Å². The zero-order valence-electron chi connectivity index (χ0n) is 16.1. The highest BCUT2D eigenvalue weighted by molar-refractivity contribution is 6.05. The van der Waals surface area contributed by atoms with E-state index in [9.17, 15) is 9.59 Å². The van der Waals surface area contributed by atoms with E-state index in [0.717, 1.165) is 53.9 Å². The molecule has 144 valence electrons. The Balaban J connectivity index is 1.29. The molecule has 1 aliphatic carbocycles. The van der Waals surface area contributed by atoms with E-state index in [1.165, 1.54) is 0 Å². The van der Waals surface area contributed by atoms with Crippen LogP contribution in [-0.2, 0) is 11.2 Å². The van der Waals surface area contributed by atoms with Gasteiger partial charge < -0.3 is 10.2 Å². The Morgan fingerprint density at radius 2 is 1.59 bits per heavy atom. The molecule has 0 bridgehead atoms. The highest BCUT2D eigenvalue weighted by Gasteiger charge is 2.36. The summed E-state index contributed by atoms with van der Waals surface area (Å²) in [6, 6.07) is 23.6. The second-order valence-corrected chi connectivity index (χ2v) is 7.76.